The summed E-state index contributed by atoms with van der Waals surface area (Å²) >= 11 is 4.79. The topological polar surface area (TPSA) is 28.7 Å². The van der Waals surface area contributed by atoms with Crippen LogP contribution in [0.4, 0.5) is 8.78 Å². The lowest BCUT2D eigenvalue weighted by Crippen LogP contribution is -1.92. The third kappa shape index (κ3) is 1.92. The van der Waals surface area contributed by atoms with E-state index in [0.29, 0.717) is 10.3 Å². The Morgan fingerprint density at radius 1 is 1.13 bits per heavy atom. The Morgan fingerprint density at radius 2 is 1.93 bits per heavy atom. The Bertz CT molecular complexity index is 531. The number of benzene rings is 1. The Labute approximate surface area is 89.6 Å². The molecule has 1 N–H and O–H groups in total. The van der Waals surface area contributed by atoms with Gasteiger partial charge in [-0.3, -0.25) is 5.10 Å². The molecule has 0 fully saturated rings. The minimum absolute atomic E-state index is 0.112. The Morgan fingerprint density at radius 3 is 2.60 bits per heavy atom. The summed E-state index contributed by atoms with van der Waals surface area (Å²) in [4.78, 5) is 0. The first kappa shape index (κ1) is 9.92. The van der Waals surface area contributed by atoms with Crippen LogP contribution in [0, 0.1) is 16.3 Å². The van der Waals surface area contributed by atoms with E-state index in [1.807, 2.05) is 0 Å². The Hall–Kier alpha value is -1.62. The van der Waals surface area contributed by atoms with Crippen LogP contribution in [-0.4, -0.2) is 10.2 Å². The average molecular weight is 224 g/mol. The second-order valence-electron chi connectivity index (χ2n) is 2.91. The van der Waals surface area contributed by atoms with Crippen molar-refractivity contribution in [1.29, 1.82) is 0 Å². The number of H-pyrrole nitrogens is 1. The lowest BCUT2D eigenvalue weighted by molar-refractivity contribution is 0.511. The van der Waals surface area contributed by atoms with Gasteiger partial charge in [-0.25, -0.2) is 8.78 Å². The van der Waals surface area contributed by atoms with E-state index in [1.54, 1.807) is 6.07 Å². The van der Waals surface area contributed by atoms with Gasteiger partial charge in [-0.15, -0.1) is 0 Å². The molecule has 0 spiro atoms. The first-order valence-corrected chi connectivity index (χ1v) is 4.59. The molecule has 1 aromatic carbocycles. The molecule has 0 bridgehead atoms. The molecule has 1 aromatic heterocycles. The summed E-state index contributed by atoms with van der Waals surface area (Å²) < 4.78 is 26.7. The molecule has 0 aliphatic carbocycles. The van der Waals surface area contributed by atoms with Gasteiger partial charge in [0.25, 0.3) is 0 Å². The van der Waals surface area contributed by atoms with E-state index >= 15 is 0 Å². The molecule has 0 atom stereocenters. The summed E-state index contributed by atoms with van der Waals surface area (Å²) in [6.07, 6.45) is 0. The van der Waals surface area contributed by atoms with Crippen LogP contribution in [0.25, 0.3) is 11.3 Å². The standard InChI is InChI=1S/C10H6F2N2S/c11-7-3-1-2-6(10(7)12)8-4-5-9(15)14-13-8/h1-5H,(H,14,15). The minimum Gasteiger partial charge on any atom is -0.267 e. The van der Waals surface area contributed by atoms with Gasteiger partial charge >= 0.3 is 0 Å². The molecule has 0 unspecified atom stereocenters. The molecule has 0 radical (unpaired) electrons. The molecular formula is C10H6F2N2S. The predicted octanol–water partition coefficient (Wildman–Crippen LogP) is 3.08. The number of aromatic amines is 1. The number of nitrogens with zero attached hydrogens (tertiary/aromatic N) is 1. The number of aromatic nitrogens is 2. The molecule has 2 nitrogen and oxygen atoms in total. The molecule has 2 aromatic rings. The van der Waals surface area contributed by atoms with Gasteiger partial charge in [0.05, 0.1) is 5.69 Å². The van der Waals surface area contributed by atoms with E-state index in [1.165, 1.54) is 18.2 Å². The summed E-state index contributed by atoms with van der Waals surface area (Å²) in [7, 11) is 0. The van der Waals surface area contributed by atoms with Crippen LogP contribution in [-0.2, 0) is 0 Å². The smallest absolute Gasteiger partial charge is 0.168 e. The van der Waals surface area contributed by atoms with Crippen LogP contribution in [0.3, 0.4) is 0 Å². The fourth-order valence-corrected chi connectivity index (χ4v) is 1.31. The normalized spacial score (nSPS) is 10.3. The second kappa shape index (κ2) is 3.86. The number of rotatable bonds is 1. The predicted molar refractivity (Wildman–Crippen MR) is 54.8 cm³/mol. The van der Waals surface area contributed by atoms with Gasteiger partial charge in [0.2, 0.25) is 0 Å². The van der Waals surface area contributed by atoms with E-state index in [-0.39, 0.29) is 5.56 Å². The monoisotopic (exact) mass is 224 g/mol. The van der Waals surface area contributed by atoms with Crippen molar-refractivity contribution in [3.63, 3.8) is 0 Å². The van der Waals surface area contributed by atoms with E-state index in [4.69, 9.17) is 12.2 Å². The number of hydrogen-bond acceptors (Lipinski definition) is 2. The van der Waals surface area contributed by atoms with Gasteiger partial charge in [-0.05, 0) is 24.3 Å². The lowest BCUT2D eigenvalue weighted by atomic mass is 10.1. The zero-order valence-corrected chi connectivity index (χ0v) is 8.31. The van der Waals surface area contributed by atoms with Gasteiger partial charge in [0.1, 0.15) is 4.64 Å². The van der Waals surface area contributed by atoms with Gasteiger partial charge < -0.3 is 0 Å². The largest absolute Gasteiger partial charge is 0.267 e. The van der Waals surface area contributed by atoms with Crippen LogP contribution in [0.2, 0.25) is 0 Å². The third-order valence-corrected chi connectivity index (χ3v) is 2.13. The van der Waals surface area contributed by atoms with Crippen molar-refractivity contribution in [2.24, 2.45) is 0 Å². The lowest BCUT2D eigenvalue weighted by Gasteiger charge is -2.01. The quantitative estimate of drug-likeness (QED) is 0.754. The second-order valence-corrected chi connectivity index (χ2v) is 3.35. The fourth-order valence-electron chi connectivity index (χ4n) is 1.20. The van der Waals surface area contributed by atoms with Crippen molar-refractivity contribution in [2.75, 3.05) is 0 Å². The van der Waals surface area contributed by atoms with Gasteiger partial charge in [-0.2, -0.15) is 5.10 Å². The van der Waals surface area contributed by atoms with Gasteiger partial charge in [0.15, 0.2) is 11.6 Å². The summed E-state index contributed by atoms with van der Waals surface area (Å²) in [5, 5.41) is 6.34. The molecule has 0 aliphatic rings. The average Bonchev–Trinajstić information content (AvgIpc) is 2.24. The number of halogens is 2. The number of nitrogens with one attached hydrogen (secondary N) is 1. The van der Waals surface area contributed by atoms with E-state index < -0.39 is 11.6 Å². The highest BCUT2D eigenvalue weighted by Gasteiger charge is 2.09. The molecule has 0 saturated heterocycles. The molecule has 0 saturated carbocycles. The molecule has 2 rings (SSSR count). The Kier molecular flexibility index (Phi) is 2.55. The van der Waals surface area contributed by atoms with Crippen molar-refractivity contribution in [1.82, 2.24) is 10.2 Å². The maximum atomic E-state index is 13.3. The minimum atomic E-state index is -0.907. The first-order chi connectivity index (χ1) is 7.18. The SMILES string of the molecule is Fc1cccc(-c2ccc(=S)[nH]n2)c1F. The first-order valence-electron chi connectivity index (χ1n) is 4.18. The van der Waals surface area contributed by atoms with Crippen molar-refractivity contribution >= 4 is 12.2 Å². The van der Waals surface area contributed by atoms with Crippen LogP contribution in [0.1, 0.15) is 0 Å². The van der Waals surface area contributed by atoms with E-state index in [0.717, 1.165) is 6.07 Å². The molecule has 15 heavy (non-hydrogen) atoms. The highest BCUT2D eigenvalue weighted by Crippen LogP contribution is 2.21. The maximum Gasteiger partial charge on any atom is 0.168 e. The summed E-state index contributed by atoms with van der Waals surface area (Å²) in [5.74, 6) is -1.80. The zero-order valence-electron chi connectivity index (χ0n) is 7.50. The highest BCUT2D eigenvalue weighted by atomic mass is 32.1. The van der Waals surface area contributed by atoms with Crippen LogP contribution in [0.5, 0.6) is 0 Å². The molecule has 76 valence electrons. The zero-order chi connectivity index (χ0) is 10.8. The molecule has 0 amide bonds. The van der Waals surface area contributed by atoms with Gasteiger partial charge in [-0.1, -0.05) is 18.3 Å². The number of hydrogen-bond donors (Lipinski definition) is 1. The Balaban J connectivity index is 2.59. The molecular weight excluding hydrogens is 218 g/mol. The molecule has 0 aliphatic heterocycles. The molecule has 1 heterocycles. The van der Waals surface area contributed by atoms with Crippen molar-refractivity contribution in [3.05, 3.63) is 46.6 Å². The van der Waals surface area contributed by atoms with Crippen molar-refractivity contribution in [2.45, 2.75) is 0 Å². The van der Waals surface area contributed by atoms with E-state index in [2.05, 4.69) is 10.2 Å². The fraction of sp³-hybridized carbons (Fsp3) is 0. The summed E-state index contributed by atoms with van der Waals surface area (Å²) in [5.41, 5.74) is 0.432. The highest BCUT2D eigenvalue weighted by molar-refractivity contribution is 7.71. The van der Waals surface area contributed by atoms with E-state index in [9.17, 15) is 8.78 Å². The summed E-state index contributed by atoms with van der Waals surface area (Å²) in [6, 6.07) is 7.05. The van der Waals surface area contributed by atoms with Crippen LogP contribution in [0.15, 0.2) is 30.3 Å². The van der Waals surface area contributed by atoms with Crippen LogP contribution >= 0.6 is 12.2 Å². The molecule has 5 heteroatoms. The van der Waals surface area contributed by atoms with Gasteiger partial charge in [0, 0.05) is 5.56 Å². The summed E-state index contributed by atoms with van der Waals surface area (Å²) in [6.45, 7) is 0. The maximum absolute atomic E-state index is 13.3. The van der Waals surface area contributed by atoms with Crippen molar-refractivity contribution < 1.29 is 8.78 Å². The van der Waals surface area contributed by atoms with Crippen molar-refractivity contribution in [3.8, 4) is 11.3 Å². The van der Waals surface area contributed by atoms with Crippen LogP contribution < -0.4 is 0 Å². The third-order valence-electron chi connectivity index (χ3n) is 1.91.